The number of fused-ring (bicyclic) bond motifs is 2. The minimum atomic E-state index is -0.952. The van der Waals surface area contributed by atoms with Crippen molar-refractivity contribution in [1.82, 2.24) is 10.2 Å². The summed E-state index contributed by atoms with van der Waals surface area (Å²) >= 11 is 1.22. The van der Waals surface area contributed by atoms with Crippen LogP contribution >= 0.6 is 11.3 Å². The molecular weight excluding hydrogens is 460 g/mol. The summed E-state index contributed by atoms with van der Waals surface area (Å²) in [5, 5.41) is 20.9. The van der Waals surface area contributed by atoms with Crippen LogP contribution in [0.4, 0.5) is 10.8 Å². The number of nitro groups is 1. The van der Waals surface area contributed by atoms with Crippen LogP contribution in [0.15, 0.2) is 51.7 Å². The number of nitro benzene ring substituents is 1. The molecule has 1 unspecified atom stereocenters. The molecular formula is C23H18N4O6S. The van der Waals surface area contributed by atoms with Gasteiger partial charge in [-0.05, 0) is 31.0 Å². The lowest BCUT2D eigenvalue weighted by Crippen LogP contribution is -2.29. The van der Waals surface area contributed by atoms with E-state index in [1.54, 1.807) is 24.3 Å². The van der Waals surface area contributed by atoms with Gasteiger partial charge in [-0.1, -0.05) is 30.4 Å². The van der Waals surface area contributed by atoms with Crippen LogP contribution in [-0.4, -0.2) is 27.6 Å². The lowest BCUT2D eigenvalue weighted by Gasteiger charge is -2.21. The summed E-state index contributed by atoms with van der Waals surface area (Å²) < 4.78 is 11.4. The molecule has 172 valence electrons. The molecule has 2 aromatic heterocycles. The maximum absolute atomic E-state index is 13.6. The maximum atomic E-state index is 13.6. The maximum Gasteiger partial charge on any atom is 0.297 e. The Balaban J connectivity index is 1.77. The van der Waals surface area contributed by atoms with E-state index in [2.05, 4.69) is 10.2 Å². The second kappa shape index (κ2) is 8.34. The molecule has 10 nitrogen and oxygen atoms in total. The average Bonchev–Trinajstić information content (AvgIpc) is 3.42. The van der Waals surface area contributed by atoms with Gasteiger partial charge in [-0.2, -0.15) is 0 Å². The standard InChI is InChI=1S/C23H18N4O6S/c1-3-17-24-25-23(34-17)26-19(12-6-5-7-13(10-12)27(30)31)18-20(28)15-9-8-14(32-4-2)11-16(15)33-21(18)22(26)29/h5-11,19H,3-4H2,1-2H3. The van der Waals surface area contributed by atoms with Gasteiger partial charge in [0.2, 0.25) is 10.9 Å². The summed E-state index contributed by atoms with van der Waals surface area (Å²) in [5.41, 5.74) is 0.167. The Hall–Kier alpha value is -4.12. The van der Waals surface area contributed by atoms with Crippen molar-refractivity contribution in [3.63, 3.8) is 0 Å². The Kier molecular flexibility index (Phi) is 5.33. The van der Waals surface area contributed by atoms with Gasteiger partial charge in [0.05, 0.1) is 28.5 Å². The molecule has 0 aliphatic carbocycles. The van der Waals surface area contributed by atoms with Crippen LogP contribution in [0, 0.1) is 10.1 Å². The fourth-order valence-electron chi connectivity index (χ4n) is 4.01. The lowest BCUT2D eigenvalue weighted by atomic mass is 9.98. The van der Waals surface area contributed by atoms with Crippen LogP contribution in [0.5, 0.6) is 5.75 Å². The van der Waals surface area contributed by atoms with Crippen molar-refractivity contribution < 1.29 is 18.9 Å². The average molecular weight is 478 g/mol. The van der Waals surface area contributed by atoms with Gasteiger partial charge in [0.15, 0.2) is 5.43 Å². The summed E-state index contributed by atoms with van der Waals surface area (Å²) in [6.07, 6.45) is 0.620. The summed E-state index contributed by atoms with van der Waals surface area (Å²) in [4.78, 5) is 39.4. The normalized spacial score (nSPS) is 15.1. The number of carbonyl (C=O) groups is 1. The Labute approximate surface area is 196 Å². The molecule has 0 fully saturated rings. The van der Waals surface area contributed by atoms with Crippen molar-refractivity contribution in [2.24, 2.45) is 0 Å². The van der Waals surface area contributed by atoms with E-state index in [9.17, 15) is 19.7 Å². The Bertz CT molecular complexity index is 1510. The van der Waals surface area contributed by atoms with Gasteiger partial charge in [-0.3, -0.25) is 24.6 Å². The van der Waals surface area contributed by atoms with Crippen LogP contribution in [0.1, 0.15) is 46.6 Å². The smallest absolute Gasteiger partial charge is 0.297 e. The van der Waals surface area contributed by atoms with Gasteiger partial charge in [0, 0.05) is 18.2 Å². The van der Waals surface area contributed by atoms with Gasteiger partial charge in [0.1, 0.15) is 16.3 Å². The second-order valence-corrected chi connectivity index (χ2v) is 8.57. The van der Waals surface area contributed by atoms with Gasteiger partial charge >= 0.3 is 0 Å². The first-order valence-electron chi connectivity index (χ1n) is 10.6. The van der Waals surface area contributed by atoms with Crippen LogP contribution in [0.25, 0.3) is 11.0 Å². The van der Waals surface area contributed by atoms with Crippen LogP contribution < -0.4 is 15.1 Å². The van der Waals surface area contributed by atoms with Crippen LogP contribution in [-0.2, 0) is 6.42 Å². The first-order valence-corrected chi connectivity index (χ1v) is 11.4. The molecule has 0 spiro atoms. The van der Waals surface area contributed by atoms with E-state index in [0.29, 0.717) is 29.3 Å². The van der Waals surface area contributed by atoms with E-state index < -0.39 is 22.3 Å². The summed E-state index contributed by atoms with van der Waals surface area (Å²) in [5.74, 6) is -0.186. The highest BCUT2D eigenvalue weighted by molar-refractivity contribution is 7.15. The number of rotatable bonds is 6. The van der Waals surface area contributed by atoms with E-state index >= 15 is 0 Å². The highest BCUT2D eigenvalue weighted by atomic mass is 32.1. The largest absolute Gasteiger partial charge is 0.494 e. The Morgan fingerprint density at radius 1 is 1.18 bits per heavy atom. The third kappa shape index (κ3) is 3.41. The zero-order chi connectivity index (χ0) is 24.0. The Morgan fingerprint density at radius 2 is 2.00 bits per heavy atom. The van der Waals surface area contributed by atoms with Crippen molar-refractivity contribution in [3.05, 3.63) is 84.7 Å². The van der Waals surface area contributed by atoms with E-state index in [-0.39, 0.29) is 33.1 Å². The number of ether oxygens (including phenoxy) is 1. The lowest BCUT2D eigenvalue weighted by molar-refractivity contribution is -0.384. The van der Waals surface area contributed by atoms with Crippen molar-refractivity contribution in [3.8, 4) is 5.75 Å². The van der Waals surface area contributed by atoms with Crippen molar-refractivity contribution in [2.75, 3.05) is 11.5 Å². The molecule has 1 amide bonds. The molecule has 34 heavy (non-hydrogen) atoms. The minimum absolute atomic E-state index is 0.107. The third-order valence-corrected chi connectivity index (χ3v) is 6.58. The predicted molar refractivity (Wildman–Crippen MR) is 125 cm³/mol. The van der Waals surface area contributed by atoms with Gasteiger partial charge in [-0.25, -0.2) is 0 Å². The molecule has 3 heterocycles. The molecule has 1 aliphatic heterocycles. The summed E-state index contributed by atoms with van der Waals surface area (Å²) in [6, 6.07) is 9.72. The van der Waals surface area contributed by atoms with Crippen LogP contribution in [0.2, 0.25) is 0 Å². The van der Waals surface area contributed by atoms with Gasteiger partial charge in [-0.15, -0.1) is 10.2 Å². The highest BCUT2D eigenvalue weighted by Gasteiger charge is 2.45. The fourth-order valence-corrected chi connectivity index (χ4v) is 4.82. The van der Waals surface area contributed by atoms with E-state index in [1.165, 1.54) is 34.4 Å². The molecule has 2 aromatic carbocycles. The van der Waals surface area contributed by atoms with Crippen molar-refractivity contribution in [2.45, 2.75) is 26.3 Å². The van der Waals surface area contributed by atoms with E-state index in [0.717, 1.165) is 0 Å². The monoisotopic (exact) mass is 478 g/mol. The second-order valence-electron chi connectivity index (χ2n) is 7.53. The topological polar surface area (TPSA) is 129 Å². The number of hydrogen-bond donors (Lipinski definition) is 0. The molecule has 0 radical (unpaired) electrons. The van der Waals surface area contributed by atoms with Crippen LogP contribution in [0.3, 0.4) is 0 Å². The fraction of sp³-hybridized carbons (Fsp3) is 0.217. The van der Waals surface area contributed by atoms with E-state index in [4.69, 9.17) is 9.15 Å². The number of aryl methyl sites for hydroxylation is 1. The highest BCUT2D eigenvalue weighted by Crippen LogP contribution is 2.43. The molecule has 0 N–H and O–H groups in total. The zero-order valence-electron chi connectivity index (χ0n) is 18.2. The quantitative estimate of drug-likeness (QED) is 0.297. The first kappa shape index (κ1) is 21.7. The molecule has 0 saturated carbocycles. The molecule has 1 aliphatic rings. The van der Waals surface area contributed by atoms with Gasteiger partial charge < -0.3 is 9.15 Å². The summed E-state index contributed by atoms with van der Waals surface area (Å²) in [6.45, 7) is 4.18. The number of aromatic nitrogens is 2. The number of benzene rings is 2. The number of nitrogens with zero attached hydrogens (tertiary/aromatic N) is 4. The number of non-ortho nitro benzene ring substituents is 1. The number of amides is 1. The molecule has 11 heteroatoms. The van der Waals surface area contributed by atoms with Crippen molar-refractivity contribution >= 4 is 39.0 Å². The molecule has 0 saturated heterocycles. The molecule has 0 bridgehead atoms. The molecule has 1 atom stereocenters. The third-order valence-electron chi connectivity index (χ3n) is 5.52. The molecule has 5 rings (SSSR count). The van der Waals surface area contributed by atoms with Gasteiger partial charge in [0.25, 0.3) is 11.6 Å². The predicted octanol–water partition coefficient (Wildman–Crippen LogP) is 4.26. The Morgan fingerprint density at radius 3 is 2.71 bits per heavy atom. The minimum Gasteiger partial charge on any atom is -0.494 e. The zero-order valence-corrected chi connectivity index (χ0v) is 19.0. The molecule has 4 aromatic rings. The number of carbonyl (C=O) groups excluding carboxylic acids is 1. The van der Waals surface area contributed by atoms with Crippen molar-refractivity contribution in [1.29, 1.82) is 0 Å². The number of hydrogen-bond acceptors (Lipinski definition) is 9. The first-order chi connectivity index (χ1) is 16.4. The summed E-state index contributed by atoms with van der Waals surface area (Å²) in [7, 11) is 0. The SMILES string of the molecule is CCOc1ccc2c(=O)c3c(oc2c1)C(=O)N(c1nnc(CC)s1)C3c1cccc([N+](=O)[O-])c1. The van der Waals surface area contributed by atoms with E-state index in [1.807, 2.05) is 13.8 Å². The number of anilines is 1.